The molecule has 0 atom stereocenters. The van der Waals surface area contributed by atoms with Crippen LogP contribution in [-0.2, 0) is 14.8 Å². The molecule has 152 valence electrons. The molecule has 2 aromatic rings. The standard InChI is InChI=1S/C18H22F2N4O3S/c19-16-4-2-14(12-17(16)20)23-28(25,26)15-3-5-18(22-13-15)21-6-1-7-24-8-10-27-11-9-24/h2-5,12-13,23H,1,6-11H2,(H,21,22). The average Bonchev–Trinajstić information content (AvgIpc) is 2.69. The van der Waals surface area contributed by atoms with Gasteiger partial charge in [-0.1, -0.05) is 0 Å². The number of aromatic nitrogens is 1. The smallest absolute Gasteiger partial charge is 0.263 e. The van der Waals surface area contributed by atoms with E-state index in [4.69, 9.17) is 4.74 Å². The van der Waals surface area contributed by atoms with Crippen LogP contribution in [0.5, 0.6) is 0 Å². The first-order chi connectivity index (χ1) is 13.4. The molecule has 2 heterocycles. The van der Waals surface area contributed by atoms with Crippen LogP contribution in [0.4, 0.5) is 20.3 Å². The Balaban J connectivity index is 1.51. The van der Waals surface area contributed by atoms with Gasteiger partial charge >= 0.3 is 0 Å². The van der Waals surface area contributed by atoms with Gasteiger partial charge in [0.1, 0.15) is 10.7 Å². The van der Waals surface area contributed by atoms with Crippen molar-refractivity contribution in [3.63, 3.8) is 0 Å². The minimum atomic E-state index is -3.95. The highest BCUT2D eigenvalue weighted by molar-refractivity contribution is 7.92. The molecule has 0 saturated carbocycles. The van der Waals surface area contributed by atoms with Crippen molar-refractivity contribution in [2.24, 2.45) is 0 Å². The first-order valence-electron chi connectivity index (χ1n) is 8.92. The third-order valence-electron chi connectivity index (χ3n) is 4.28. The van der Waals surface area contributed by atoms with Gasteiger partial charge in [-0.05, 0) is 37.2 Å². The largest absolute Gasteiger partial charge is 0.379 e. The van der Waals surface area contributed by atoms with Crippen LogP contribution in [-0.4, -0.2) is 57.7 Å². The van der Waals surface area contributed by atoms with Gasteiger partial charge in [0.05, 0.1) is 18.9 Å². The van der Waals surface area contributed by atoms with Crippen molar-refractivity contribution in [1.29, 1.82) is 0 Å². The SMILES string of the molecule is O=S(=O)(Nc1ccc(F)c(F)c1)c1ccc(NCCCN2CCOCC2)nc1. The maximum atomic E-state index is 13.2. The molecule has 2 N–H and O–H groups in total. The number of anilines is 2. The Morgan fingerprint density at radius 2 is 1.89 bits per heavy atom. The van der Waals surface area contributed by atoms with E-state index in [1.54, 1.807) is 6.07 Å². The molecule has 0 amide bonds. The van der Waals surface area contributed by atoms with Crippen molar-refractivity contribution in [1.82, 2.24) is 9.88 Å². The van der Waals surface area contributed by atoms with Crippen LogP contribution < -0.4 is 10.0 Å². The van der Waals surface area contributed by atoms with Crippen LogP contribution in [0.25, 0.3) is 0 Å². The lowest BCUT2D eigenvalue weighted by molar-refractivity contribution is 0.0378. The highest BCUT2D eigenvalue weighted by atomic mass is 32.2. The Bertz CT molecular complexity index is 888. The van der Waals surface area contributed by atoms with Gasteiger partial charge < -0.3 is 10.1 Å². The van der Waals surface area contributed by atoms with E-state index in [0.29, 0.717) is 12.4 Å². The molecular formula is C18H22F2N4O3S. The third-order valence-corrected chi connectivity index (χ3v) is 5.65. The van der Waals surface area contributed by atoms with Crippen LogP contribution in [0.3, 0.4) is 0 Å². The number of nitrogens with one attached hydrogen (secondary N) is 2. The first kappa shape index (κ1) is 20.4. The maximum Gasteiger partial charge on any atom is 0.263 e. The Hall–Kier alpha value is -2.30. The van der Waals surface area contributed by atoms with Gasteiger partial charge in [-0.15, -0.1) is 0 Å². The fourth-order valence-electron chi connectivity index (χ4n) is 2.76. The predicted molar refractivity (Wildman–Crippen MR) is 102 cm³/mol. The second-order valence-corrected chi connectivity index (χ2v) is 8.03. The lowest BCUT2D eigenvalue weighted by Gasteiger charge is -2.26. The fraction of sp³-hybridized carbons (Fsp3) is 0.389. The molecule has 1 saturated heterocycles. The normalized spacial score (nSPS) is 15.4. The lowest BCUT2D eigenvalue weighted by Crippen LogP contribution is -2.37. The van der Waals surface area contributed by atoms with Gasteiger partial charge in [-0.3, -0.25) is 9.62 Å². The number of halogens is 2. The first-order valence-corrected chi connectivity index (χ1v) is 10.4. The Kier molecular flexibility index (Phi) is 6.76. The highest BCUT2D eigenvalue weighted by Crippen LogP contribution is 2.18. The number of morpholine rings is 1. The number of ether oxygens (including phenoxy) is 1. The molecule has 0 bridgehead atoms. The topological polar surface area (TPSA) is 83.6 Å². The van der Waals surface area contributed by atoms with E-state index in [1.807, 2.05) is 0 Å². The van der Waals surface area contributed by atoms with Gasteiger partial charge in [0.15, 0.2) is 11.6 Å². The Morgan fingerprint density at radius 3 is 2.57 bits per heavy atom. The summed E-state index contributed by atoms with van der Waals surface area (Å²) >= 11 is 0. The highest BCUT2D eigenvalue weighted by Gasteiger charge is 2.16. The molecule has 1 aromatic heterocycles. The summed E-state index contributed by atoms with van der Waals surface area (Å²) < 4.78 is 58.4. The predicted octanol–water partition coefficient (Wildman–Crippen LogP) is 2.29. The average molecular weight is 412 g/mol. The van der Waals surface area contributed by atoms with E-state index in [-0.39, 0.29) is 10.6 Å². The molecule has 0 radical (unpaired) electrons. The van der Waals surface area contributed by atoms with Crippen LogP contribution in [0.2, 0.25) is 0 Å². The second-order valence-electron chi connectivity index (χ2n) is 6.35. The van der Waals surface area contributed by atoms with Crippen molar-refractivity contribution in [2.75, 3.05) is 49.4 Å². The van der Waals surface area contributed by atoms with Crippen molar-refractivity contribution in [2.45, 2.75) is 11.3 Å². The van der Waals surface area contributed by atoms with Crippen molar-refractivity contribution >= 4 is 21.5 Å². The quantitative estimate of drug-likeness (QED) is 0.648. The summed E-state index contributed by atoms with van der Waals surface area (Å²) in [6.45, 7) is 5.09. The number of nitrogens with zero attached hydrogens (tertiary/aromatic N) is 2. The van der Waals surface area contributed by atoms with Gasteiger partial charge in [-0.25, -0.2) is 22.2 Å². The monoisotopic (exact) mass is 412 g/mol. The summed E-state index contributed by atoms with van der Waals surface area (Å²) in [6.07, 6.45) is 2.14. The van der Waals surface area contributed by atoms with E-state index in [0.717, 1.165) is 57.5 Å². The van der Waals surface area contributed by atoms with E-state index >= 15 is 0 Å². The number of pyridine rings is 1. The molecule has 3 rings (SSSR count). The van der Waals surface area contributed by atoms with Gasteiger partial charge in [0, 0.05) is 31.9 Å². The molecule has 0 unspecified atom stereocenters. The second kappa shape index (κ2) is 9.26. The number of hydrogen-bond acceptors (Lipinski definition) is 6. The molecule has 1 aliphatic rings. The summed E-state index contributed by atoms with van der Waals surface area (Å²) in [4.78, 5) is 6.36. The molecule has 0 aliphatic carbocycles. The molecule has 0 spiro atoms. The van der Waals surface area contributed by atoms with Crippen LogP contribution >= 0.6 is 0 Å². The molecule has 10 heteroatoms. The van der Waals surface area contributed by atoms with Gasteiger partial charge in [-0.2, -0.15) is 0 Å². The third kappa shape index (κ3) is 5.60. The zero-order valence-corrected chi connectivity index (χ0v) is 16.0. The molecule has 1 fully saturated rings. The molecular weight excluding hydrogens is 390 g/mol. The minimum absolute atomic E-state index is 0.0655. The summed E-state index contributed by atoms with van der Waals surface area (Å²) in [5.74, 6) is -1.61. The van der Waals surface area contributed by atoms with Crippen LogP contribution in [0.15, 0.2) is 41.4 Å². The van der Waals surface area contributed by atoms with E-state index in [2.05, 4.69) is 19.9 Å². The van der Waals surface area contributed by atoms with Gasteiger partial charge in [0.25, 0.3) is 10.0 Å². The zero-order valence-electron chi connectivity index (χ0n) is 15.2. The number of hydrogen-bond donors (Lipinski definition) is 2. The van der Waals surface area contributed by atoms with Gasteiger partial charge in [0.2, 0.25) is 0 Å². The van der Waals surface area contributed by atoms with Crippen molar-refractivity contribution in [3.8, 4) is 0 Å². The number of benzene rings is 1. The summed E-state index contributed by atoms with van der Waals surface area (Å²) in [7, 11) is -3.95. The van der Waals surface area contributed by atoms with E-state index in [1.165, 1.54) is 12.3 Å². The lowest BCUT2D eigenvalue weighted by atomic mass is 10.3. The summed E-state index contributed by atoms with van der Waals surface area (Å²) in [5, 5.41) is 3.15. The Morgan fingerprint density at radius 1 is 1.11 bits per heavy atom. The Labute approximate surface area is 162 Å². The zero-order chi connectivity index (χ0) is 20.0. The van der Waals surface area contributed by atoms with E-state index in [9.17, 15) is 17.2 Å². The number of sulfonamides is 1. The summed E-state index contributed by atoms with van der Waals surface area (Å²) in [6, 6.07) is 5.75. The maximum absolute atomic E-state index is 13.2. The molecule has 1 aromatic carbocycles. The van der Waals surface area contributed by atoms with Crippen molar-refractivity contribution in [3.05, 3.63) is 48.2 Å². The summed E-state index contributed by atoms with van der Waals surface area (Å²) in [5.41, 5.74) is -0.0655. The fourth-order valence-corrected chi connectivity index (χ4v) is 3.76. The van der Waals surface area contributed by atoms with Crippen molar-refractivity contribution < 1.29 is 21.9 Å². The number of rotatable bonds is 8. The van der Waals surface area contributed by atoms with Crippen LogP contribution in [0.1, 0.15) is 6.42 Å². The van der Waals surface area contributed by atoms with E-state index < -0.39 is 21.7 Å². The molecule has 1 aliphatic heterocycles. The molecule has 7 nitrogen and oxygen atoms in total. The molecule has 28 heavy (non-hydrogen) atoms. The van der Waals surface area contributed by atoms with Crippen LogP contribution in [0, 0.1) is 11.6 Å². The minimum Gasteiger partial charge on any atom is -0.379 e.